The summed E-state index contributed by atoms with van der Waals surface area (Å²) in [5, 5.41) is 3.32. The summed E-state index contributed by atoms with van der Waals surface area (Å²) in [4.78, 5) is 25.2. The van der Waals surface area contributed by atoms with Crippen LogP contribution in [-0.2, 0) is 6.42 Å². The van der Waals surface area contributed by atoms with E-state index in [4.69, 9.17) is 5.73 Å². The average molecular weight is 364 g/mol. The van der Waals surface area contributed by atoms with E-state index in [1.807, 2.05) is 44.2 Å². The molecule has 0 aliphatic rings. The third-order valence-corrected chi connectivity index (χ3v) is 5.45. The molecule has 3 N–H and O–H groups in total. The number of carbonyl (C=O) groups excluding carboxylic acids is 2. The minimum atomic E-state index is -0.527. The number of carbonyl (C=O) groups is 2. The van der Waals surface area contributed by atoms with E-state index in [1.54, 1.807) is 12.1 Å². The summed E-state index contributed by atoms with van der Waals surface area (Å²) in [6.45, 7) is 3.74. The van der Waals surface area contributed by atoms with Crippen LogP contribution in [0.2, 0.25) is 0 Å². The van der Waals surface area contributed by atoms with E-state index in [9.17, 15) is 9.59 Å². The van der Waals surface area contributed by atoms with Crippen LogP contribution in [0.4, 0.5) is 5.00 Å². The van der Waals surface area contributed by atoms with Crippen molar-refractivity contribution in [2.24, 2.45) is 5.73 Å². The van der Waals surface area contributed by atoms with E-state index >= 15 is 0 Å². The highest BCUT2D eigenvalue weighted by Crippen LogP contribution is 2.32. The van der Waals surface area contributed by atoms with E-state index in [1.165, 1.54) is 16.9 Å². The van der Waals surface area contributed by atoms with Crippen molar-refractivity contribution in [1.29, 1.82) is 0 Å². The first-order chi connectivity index (χ1) is 12.5. The summed E-state index contributed by atoms with van der Waals surface area (Å²) < 4.78 is 0. The molecule has 0 saturated carbocycles. The Balaban J connectivity index is 1.75. The Hall–Kier alpha value is -2.92. The van der Waals surface area contributed by atoms with Crippen LogP contribution in [0.5, 0.6) is 0 Å². The predicted octanol–water partition coefficient (Wildman–Crippen LogP) is 4.31. The molecule has 5 heteroatoms. The van der Waals surface area contributed by atoms with Gasteiger partial charge in [0.1, 0.15) is 5.00 Å². The van der Waals surface area contributed by atoms with Crippen molar-refractivity contribution >= 4 is 28.2 Å². The first kappa shape index (κ1) is 17.9. The van der Waals surface area contributed by atoms with Gasteiger partial charge in [0.2, 0.25) is 0 Å². The van der Waals surface area contributed by atoms with E-state index in [0.29, 0.717) is 16.1 Å². The third-order valence-electron chi connectivity index (χ3n) is 4.33. The third kappa shape index (κ3) is 3.83. The van der Waals surface area contributed by atoms with E-state index in [0.717, 1.165) is 22.4 Å². The largest absolute Gasteiger partial charge is 0.365 e. The predicted molar refractivity (Wildman–Crippen MR) is 106 cm³/mol. The normalized spacial score (nSPS) is 10.5. The first-order valence-electron chi connectivity index (χ1n) is 8.29. The number of rotatable bonds is 5. The van der Waals surface area contributed by atoms with Crippen molar-refractivity contribution < 1.29 is 9.59 Å². The van der Waals surface area contributed by atoms with Crippen LogP contribution in [0.25, 0.3) is 0 Å². The molecule has 0 spiro atoms. The fourth-order valence-electron chi connectivity index (χ4n) is 2.79. The molecule has 0 radical (unpaired) electrons. The Morgan fingerprint density at radius 2 is 1.58 bits per heavy atom. The zero-order valence-corrected chi connectivity index (χ0v) is 15.5. The Morgan fingerprint density at radius 1 is 0.962 bits per heavy atom. The molecular formula is C21H20N2O2S. The smallest absolute Gasteiger partial charge is 0.256 e. The molecule has 0 aliphatic heterocycles. The van der Waals surface area contributed by atoms with Gasteiger partial charge in [-0.25, -0.2) is 0 Å². The van der Waals surface area contributed by atoms with Gasteiger partial charge in [0.05, 0.1) is 5.56 Å². The first-order valence-corrected chi connectivity index (χ1v) is 9.11. The number of nitrogens with one attached hydrogen (secondary N) is 1. The molecule has 1 heterocycles. The number of hydrogen-bond donors (Lipinski definition) is 2. The van der Waals surface area contributed by atoms with E-state index in [2.05, 4.69) is 17.4 Å². The van der Waals surface area contributed by atoms with Crippen LogP contribution < -0.4 is 11.1 Å². The average Bonchev–Trinajstić information content (AvgIpc) is 2.90. The summed E-state index contributed by atoms with van der Waals surface area (Å²) in [6, 6.07) is 17.7. The maximum absolute atomic E-state index is 12.5. The highest BCUT2D eigenvalue weighted by atomic mass is 32.1. The molecule has 0 fully saturated rings. The number of aryl methyl sites for hydroxylation is 1. The maximum atomic E-state index is 12.5. The molecule has 1 aromatic heterocycles. The molecule has 0 unspecified atom stereocenters. The second-order valence-electron chi connectivity index (χ2n) is 6.17. The maximum Gasteiger partial charge on any atom is 0.256 e. The number of amides is 2. The molecule has 4 nitrogen and oxygen atoms in total. The number of benzene rings is 2. The van der Waals surface area contributed by atoms with Gasteiger partial charge in [-0.1, -0.05) is 42.5 Å². The SMILES string of the molecule is Cc1sc(NC(=O)c2ccc(Cc3ccccc3)cc2)c(C(N)=O)c1C. The van der Waals surface area contributed by atoms with Gasteiger partial charge in [0.25, 0.3) is 11.8 Å². The minimum absolute atomic E-state index is 0.250. The molecule has 26 heavy (non-hydrogen) atoms. The molecule has 0 bridgehead atoms. The van der Waals surface area contributed by atoms with Gasteiger partial charge in [-0.15, -0.1) is 11.3 Å². The summed E-state index contributed by atoms with van der Waals surface area (Å²) in [5.41, 5.74) is 9.56. The zero-order chi connectivity index (χ0) is 18.7. The highest BCUT2D eigenvalue weighted by molar-refractivity contribution is 7.16. The Labute approximate surface area is 156 Å². The van der Waals surface area contributed by atoms with Crippen molar-refractivity contribution in [1.82, 2.24) is 0 Å². The zero-order valence-electron chi connectivity index (χ0n) is 14.7. The fourth-order valence-corrected chi connectivity index (χ4v) is 3.85. The topological polar surface area (TPSA) is 72.2 Å². The van der Waals surface area contributed by atoms with Crippen LogP contribution in [0.1, 0.15) is 42.3 Å². The highest BCUT2D eigenvalue weighted by Gasteiger charge is 2.19. The van der Waals surface area contributed by atoms with Gasteiger partial charge in [-0.05, 0) is 49.1 Å². The summed E-state index contributed by atoms with van der Waals surface area (Å²) in [7, 11) is 0. The Morgan fingerprint density at radius 3 is 2.19 bits per heavy atom. The molecule has 132 valence electrons. The lowest BCUT2D eigenvalue weighted by Crippen LogP contribution is -2.17. The second kappa shape index (κ2) is 7.54. The Kier molecular flexibility index (Phi) is 5.19. The quantitative estimate of drug-likeness (QED) is 0.708. The van der Waals surface area contributed by atoms with Gasteiger partial charge in [0.15, 0.2) is 0 Å². The van der Waals surface area contributed by atoms with Crippen LogP contribution in [-0.4, -0.2) is 11.8 Å². The van der Waals surface area contributed by atoms with Gasteiger partial charge in [-0.3, -0.25) is 9.59 Å². The summed E-state index contributed by atoms with van der Waals surface area (Å²) >= 11 is 1.36. The van der Waals surface area contributed by atoms with Crippen molar-refractivity contribution in [3.05, 3.63) is 87.3 Å². The van der Waals surface area contributed by atoms with Crippen LogP contribution in [0.3, 0.4) is 0 Å². The van der Waals surface area contributed by atoms with Crippen molar-refractivity contribution in [3.8, 4) is 0 Å². The number of hydrogen-bond acceptors (Lipinski definition) is 3. The molecule has 0 atom stereocenters. The summed E-state index contributed by atoms with van der Waals surface area (Å²) in [6.07, 6.45) is 0.817. The number of anilines is 1. The molecule has 0 aliphatic carbocycles. The van der Waals surface area contributed by atoms with E-state index in [-0.39, 0.29) is 5.91 Å². The lowest BCUT2D eigenvalue weighted by Gasteiger charge is -2.07. The van der Waals surface area contributed by atoms with Crippen molar-refractivity contribution in [3.63, 3.8) is 0 Å². The monoisotopic (exact) mass is 364 g/mol. The van der Waals surface area contributed by atoms with Crippen LogP contribution >= 0.6 is 11.3 Å². The van der Waals surface area contributed by atoms with Crippen molar-refractivity contribution in [2.75, 3.05) is 5.32 Å². The lowest BCUT2D eigenvalue weighted by molar-refractivity contribution is 0.100. The van der Waals surface area contributed by atoms with E-state index < -0.39 is 5.91 Å². The summed E-state index contributed by atoms with van der Waals surface area (Å²) in [5.74, 6) is -0.777. The van der Waals surface area contributed by atoms with Gasteiger partial charge < -0.3 is 11.1 Å². The van der Waals surface area contributed by atoms with Gasteiger partial charge in [-0.2, -0.15) is 0 Å². The number of primary amides is 1. The van der Waals surface area contributed by atoms with Gasteiger partial charge in [0, 0.05) is 10.4 Å². The van der Waals surface area contributed by atoms with Gasteiger partial charge >= 0.3 is 0 Å². The fraction of sp³-hybridized carbons (Fsp3) is 0.143. The molecule has 3 aromatic rings. The lowest BCUT2D eigenvalue weighted by atomic mass is 10.0. The molecule has 0 saturated heterocycles. The standard InChI is InChI=1S/C21H20N2O2S/c1-13-14(2)26-21(18(13)19(22)24)23-20(25)17-10-8-16(9-11-17)12-15-6-4-3-5-7-15/h3-11H,12H2,1-2H3,(H2,22,24)(H,23,25). The number of nitrogens with two attached hydrogens (primary N) is 1. The molecule has 2 amide bonds. The number of thiophene rings is 1. The van der Waals surface area contributed by atoms with Crippen molar-refractivity contribution in [2.45, 2.75) is 20.3 Å². The van der Waals surface area contributed by atoms with Crippen LogP contribution in [0.15, 0.2) is 54.6 Å². The Bertz CT molecular complexity index is 944. The molecule has 2 aromatic carbocycles. The molecule has 3 rings (SSSR count). The molecular weight excluding hydrogens is 344 g/mol. The van der Waals surface area contributed by atoms with Crippen LogP contribution in [0, 0.1) is 13.8 Å². The minimum Gasteiger partial charge on any atom is -0.365 e. The second-order valence-corrected chi connectivity index (χ2v) is 7.39.